The van der Waals surface area contributed by atoms with Gasteiger partial charge in [-0.3, -0.25) is 4.90 Å². The zero-order valence-corrected chi connectivity index (χ0v) is 7.20. The molecule has 0 bridgehead atoms. The van der Waals surface area contributed by atoms with E-state index in [2.05, 4.69) is 11.0 Å². The standard InChI is InChI=1S/C9H14N2O/c10-5-9-6-11-4-2-1-3-8(11)7-12-9/h8-9H,1-4,6-7H2/t8-,9+/m0/s1. The summed E-state index contributed by atoms with van der Waals surface area (Å²) in [6, 6.07) is 2.77. The van der Waals surface area contributed by atoms with Gasteiger partial charge in [0.1, 0.15) is 0 Å². The van der Waals surface area contributed by atoms with Crippen LogP contribution in [-0.4, -0.2) is 36.7 Å². The topological polar surface area (TPSA) is 36.3 Å². The van der Waals surface area contributed by atoms with E-state index in [0.717, 1.165) is 19.7 Å². The summed E-state index contributed by atoms with van der Waals surface area (Å²) in [6.07, 6.45) is 3.67. The molecule has 3 nitrogen and oxygen atoms in total. The third kappa shape index (κ3) is 1.45. The van der Waals surface area contributed by atoms with Crippen LogP contribution in [0.3, 0.4) is 0 Å². The van der Waals surface area contributed by atoms with Gasteiger partial charge in [-0.15, -0.1) is 0 Å². The van der Waals surface area contributed by atoms with Crippen molar-refractivity contribution < 1.29 is 4.74 Å². The van der Waals surface area contributed by atoms with Crippen molar-refractivity contribution in [1.29, 1.82) is 5.26 Å². The molecule has 0 aromatic heterocycles. The van der Waals surface area contributed by atoms with E-state index >= 15 is 0 Å². The van der Waals surface area contributed by atoms with Crippen LogP contribution in [0.2, 0.25) is 0 Å². The van der Waals surface area contributed by atoms with Crippen LogP contribution in [0.15, 0.2) is 0 Å². The van der Waals surface area contributed by atoms with Crippen molar-refractivity contribution in [3.05, 3.63) is 0 Å². The molecule has 0 saturated carbocycles. The van der Waals surface area contributed by atoms with Crippen LogP contribution >= 0.6 is 0 Å². The van der Waals surface area contributed by atoms with Crippen LogP contribution in [-0.2, 0) is 4.74 Å². The molecule has 2 aliphatic heterocycles. The molecular formula is C9H14N2O. The normalized spacial score (nSPS) is 36.9. The molecule has 66 valence electrons. The predicted octanol–water partition coefficient (Wildman–Crippen LogP) is 0.763. The zero-order chi connectivity index (χ0) is 8.39. The summed E-state index contributed by atoms with van der Waals surface area (Å²) in [4.78, 5) is 2.40. The molecule has 0 spiro atoms. The minimum Gasteiger partial charge on any atom is -0.360 e. The van der Waals surface area contributed by atoms with Gasteiger partial charge in [0.2, 0.25) is 0 Å². The molecule has 3 heteroatoms. The van der Waals surface area contributed by atoms with Gasteiger partial charge in [-0.1, -0.05) is 6.42 Å². The lowest BCUT2D eigenvalue weighted by Crippen LogP contribution is -2.51. The lowest BCUT2D eigenvalue weighted by Gasteiger charge is -2.40. The summed E-state index contributed by atoms with van der Waals surface area (Å²) in [5.74, 6) is 0. The first-order chi connectivity index (χ1) is 5.90. The smallest absolute Gasteiger partial charge is 0.156 e. The summed E-state index contributed by atoms with van der Waals surface area (Å²) in [5.41, 5.74) is 0. The number of nitriles is 1. The molecule has 0 aliphatic carbocycles. The quantitative estimate of drug-likeness (QED) is 0.533. The SMILES string of the molecule is N#C[C@@H]1CN2CCCC[C@H]2CO1. The van der Waals surface area contributed by atoms with E-state index in [1.165, 1.54) is 19.3 Å². The van der Waals surface area contributed by atoms with Crippen molar-refractivity contribution in [2.24, 2.45) is 0 Å². The highest BCUT2D eigenvalue weighted by atomic mass is 16.5. The number of hydrogen-bond acceptors (Lipinski definition) is 3. The Bertz CT molecular complexity index is 199. The van der Waals surface area contributed by atoms with Gasteiger partial charge in [-0.2, -0.15) is 5.26 Å². The van der Waals surface area contributed by atoms with E-state index in [4.69, 9.17) is 10.00 Å². The van der Waals surface area contributed by atoms with Gasteiger partial charge in [0.25, 0.3) is 0 Å². The van der Waals surface area contributed by atoms with E-state index in [9.17, 15) is 0 Å². The molecule has 0 amide bonds. The Hall–Kier alpha value is -0.590. The average Bonchev–Trinajstić information content (AvgIpc) is 2.17. The number of fused-ring (bicyclic) bond motifs is 1. The van der Waals surface area contributed by atoms with Crippen LogP contribution < -0.4 is 0 Å². The Morgan fingerprint density at radius 3 is 3.17 bits per heavy atom. The molecule has 0 aromatic rings. The first kappa shape index (κ1) is 8.03. The summed E-state index contributed by atoms with van der Waals surface area (Å²) in [7, 11) is 0. The molecule has 0 unspecified atom stereocenters. The van der Waals surface area contributed by atoms with Gasteiger partial charge >= 0.3 is 0 Å². The molecule has 0 radical (unpaired) electrons. The highest BCUT2D eigenvalue weighted by Crippen LogP contribution is 2.21. The lowest BCUT2D eigenvalue weighted by molar-refractivity contribution is -0.0521. The summed E-state index contributed by atoms with van der Waals surface area (Å²) >= 11 is 0. The molecule has 12 heavy (non-hydrogen) atoms. The Morgan fingerprint density at radius 1 is 1.42 bits per heavy atom. The van der Waals surface area contributed by atoms with Gasteiger partial charge < -0.3 is 4.74 Å². The molecular weight excluding hydrogens is 152 g/mol. The van der Waals surface area contributed by atoms with Gasteiger partial charge in [0.05, 0.1) is 12.7 Å². The van der Waals surface area contributed by atoms with Crippen molar-refractivity contribution in [1.82, 2.24) is 4.90 Å². The van der Waals surface area contributed by atoms with Crippen molar-refractivity contribution in [3.63, 3.8) is 0 Å². The second-order valence-electron chi connectivity index (χ2n) is 3.60. The first-order valence-corrected chi connectivity index (χ1v) is 4.65. The Kier molecular flexibility index (Phi) is 2.29. The predicted molar refractivity (Wildman–Crippen MR) is 44.6 cm³/mol. The van der Waals surface area contributed by atoms with Crippen molar-refractivity contribution in [2.45, 2.75) is 31.4 Å². The Balaban J connectivity index is 1.95. The highest BCUT2D eigenvalue weighted by Gasteiger charge is 2.30. The van der Waals surface area contributed by atoms with Crippen LogP contribution in [0.1, 0.15) is 19.3 Å². The molecule has 0 aromatic carbocycles. The summed E-state index contributed by atoms with van der Waals surface area (Å²) in [6.45, 7) is 2.74. The van der Waals surface area contributed by atoms with Crippen LogP contribution in [0.4, 0.5) is 0 Å². The summed E-state index contributed by atoms with van der Waals surface area (Å²) in [5, 5.41) is 8.68. The van der Waals surface area contributed by atoms with Crippen molar-refractivity contribution >= 4 is 0 Å². The number of nitrogens with zero attached hydrogens (tertiary/aromatic N) is 2. The molecule has 2 aliphatic rings. The fourth-order valence-electron chi connectivity index (χ4n) is 2.06. The molecule has 2 rings (SSSR count). The Morgan fingerprint density at radius 2 is 2.33 bits per heavy atom. The average molecular weight is 166 g/mol. The zero-order valence-electron chi connectivity index (χ0n) is 7.20. The molecule has 2 fully saturated rings. The Labute approximate surface area is 72.9 Å². The number of piperidine rings is 1. The van der Waals surface area contributed by atoms with E-state index < -0.39 is 0 Å². The summed E-state index contributed by atoms with van der Waals surface area (Å²) < 4.78 is 5.39. The van der Waals surface area contributed by atoms with E-state index in [-0.39, 0.29) is 6.10 Å². The lowest BCUT2D eigenvalue weighted by atomic mass is 10.0. The largest absolute Gasteiger partial charge is 0.360 e. The van der Waals surface area contributed by atoms with Gasteiger partial charge in [0.15, 0.2) is 6.10 Å². The fraction of sp³-hybridized carbons (Fsp3) is 0.889. The third-order valence-corrected chi connectivity index (χ3v) is 2.78. The second-order valence-corrected chi connectivity index (χ2v) is 3.60. The van der Waals surface area contributed by atoms with Crippen molar-refractivity contribution in [3.8, 4) is 6.07 Å². The molecule has 0 N–H and O–H groups in total. The maximum absolute atomic E-state index is 8.68. The van der Waals surface area contributed by atoms with E-state index in [0.29, 0.717) is 6.04 Å². The molecule has 2 heterocycles. The maximum Gasteiger partial charge on any atom is 0.156 e. The minimum atomic E-state index is -0.181. The second kappa shape index (κ2) is 3.42. The van der Waals surface area contributed by atoms with Gasteiger partial charge in [-0.05, 0) is 19.4 Å². The van der Waals surface area contributed by atoms with E-state index in [1.807, 2.05) is 0 Å². The van der Waals surface area contributed by atoms with Crippen LogP contribution in [0.25, 0.3) is 0 Å². The highest BCUT2D eigenvalue weighted by molar-refractivity contribution is 4.93. The monoisotopic (exact) mass is 166 g/mol. The number of rotatable bonds is 0. The molecule has 2 atom stereocenters. The van der Waals surface area contributed by atoms with Gasteiger partial charge in [-0.25, -0.2) is 0 Å². The van der Waals surface area contributed by atoms with Crippen LogP contribution in [0.5, 0.6) is 0 Å². The fourth-order valence-corrected chi connectivity index (χ4v) is 2.06. The number of morpholine rings is 1. The maximum atomic E-state index is 8.68. The number of ether oxygens (including phenoxy) is 1. The van der Waals surface area contributed by atoms with Gasteiger partial charge in [0, 0.05) is 12.6 Å². The van der Waals surface area contributed by atoms with Crippen molar-refractivity contribution in [2.75, 3.05) is 19.7 Å². The molecule has 2 saturated heterocycles. The number of hydrogen-bond donors (Lipinski definition) is 0. The van der Waals surface area contributed by atoms with E-state index in [1.54, 1.807) is 0 Å². The van der Waals surface area contributed by atoms with Crippen LogP contribution in [0, 0.1) is 11.3 Å². The third-order valence-electron chi connectivity index (χ3n) is 2.78. The first-order valence-electron chi connectivity index (χ1n) is 4.65. The minimum absolute atomic E-state index is 0.181.